The molecule has 0 radical (unpaired) electrons. The van der Waals surface area contributed by atoms with Crippen molar-refractivity contribution in [1.29, 1.82) is 0 Å². The van der Waals surface area contributed by atoms with Crippen LogP contribution >= 0.6 is 11.3 Å². The van der Waals surface area contributed by atoms with Gasteiger partial charge in [-0.15, -0.1) is 0 Å². The van der Waals surface area contributed by atoms with E-state index in [-0.39, 0.29) is 12.5 Å². The maximum atomic E-state index is 12.9. The van der Waals surface area contributed by atoms with Crippen LogP contribution in [-0.4, -0.2) is 22.4 Å². The molecular weight excluding hydrogens is 368 g/mol. The van der Waals surface area contributed by atoms with E-state index in [0.29, 0.717) is 18.8 Å². The van der Waals surface area contributed by atoms with Crippen LogP contribution in [0.15, 0.2) is 83.7 Å². The summed E-state index contributed by atoms with van der Waals surface area (Å²) in [5.74, 6) is 0.630. The molecule has 0 saturated heterocycles. The van der Waals surface area contributed by atoms with Crippen LogP contribution in [0.25, 0.3) is 10.8 Å². The first-order chi connectivity index (χ1) is 13.8. The third-order valence-electron chi connectivity index (χ3n) is 4.47. The highest BCUT2D eigenvalue weighted by molar-refractivity contribution is 7.07. The zero-order chi connectivity index (χ0) is 19.2. The number of carbonyl (C=O) groups excluding carboxylic acids is 1. The van der Waals surface area contributed by atoms with Gasteiger partial charge in [0.05, 0.1) is 12.2 Å². The minimum Gasteiger partial charge on any atom is -0.484 e. The van der Waals surface area contributed by atoms with E-state index in [0.717, 1.165) is 22.0 Å². The topological polar surface area (TPSA) is 42.4 Å². The molecule has 2 heterocycles. The summed E-state index contributed by atoms with van der Waals surface area (Å²) in [5.41, 5.74) is 1.97. The number of amides is 1. The van der Waals surface area contributed by atoms with Crippen molar-refractivity contribution in [3.63, 3.8) is 0 Å². The van der Waals surface area contributed by atoms with Gasteiger partial charge in [-0.05, 0) is 57.4 Å². The number of pyridine rings is 1. The molecule has 0 spiro atoms. The van der Waals surface area contributed by atoms with Crippen LogP contribution in [0.4, 0.5) is 0 Å². The average Bonchev–Trinajstić information content (AvgIpc) is 3.25. The first-order valence-electron chi connectivity index (χ1n) is 9.08. The number of nitrogens with zero attached hydrogens (tertiary/aromatic N) is 2. The fourth-order valence-electron chi connectivity index (χ4n) is 3.02. The predicted molar refractivity (Wildman–Crippen MR) is 112 cm³/mol. The zero-order valence-electron chi connectivity index (χ0n) is 15.3. The molecule has 0 fully saturated rings. The number of carbonyl (C=O) groups is 1. The second kappa shape index (κ2) is 8.67. The second-order valence-electron chi connectivity index (χ2n) is 6.50. The standard InChI is InChI=1S/C23H20N2O2S/c26-23(16-27-22-9-8-19-5-1-2-6-20(19)13-22)25(14-18-10-12-28-17-18)15-21-7-3-4-11-24-21/h1-13,17H,14-16H2. The SMILES string of the molecule is O=C(COc1ccc2ccccc2c1)N(Cc1ccsc1)Cc1ccccn1. The Morgan fingerprint density at radius 3 is 2.61 bits per heavy atom. The molecule has 4 rings (SSSR count). The van der Waals surface area contributed by atoms with Crippen molar-refractivity contribution in [3.05, 3.63) is 94.9 Å². The summed E-state index contributed by atoms with van der Waals surface area (Å²) in [6.45, 7) is 0.992. The van der Waals surface area contributed by atoms with Crippen molar-refractivity contribution >= 4 is 28.0 Å². The fourth-order valence-corrected chi connectivity index (χ4v) is 3.68. The lowest BCUT2D eigenvalue weighted by molar-refractivity contribution is -0.134. The monoisotopic (exact) mass is 388 g/mol. The highest BCUT2D eigenvalue weighted by Gasteiger charge is 2.16. The number of rotatable bonds is 7. The van der Waals surface area contributed by atoms with Gasteiger partial charge in [0.25, 0.3) is 5.91 Å². The molecule has 0 unspecified atom stereocenters. The van der Waals surface area contributed by atoms with Crippen LogP contribution < -0.4 is 4.74 Å². The third kappa shape index (κ3) is 4.56. The molecule has 0 saturated carbocycles. The van der Waals surface area contributed by atoms with Crippen LogP contribution in [0, 0.1) is 0 Å². The Morgan fingerprint density at radius 1 is 0.964 bits per heavy atom. The number of hydrogen-bond acceptors (Lipinski definition) is 4. The van der Waals surface area contributed by atoms with Gasteiger partial charge in [-0.1, -0.05) is 36.4 Å². The molecule has 4 aromatic rings. The molecule has 1 amide bonds. The van der Waals surface area contributed by atoms with Gasteiger partial charge in [0.15, 0.2) is 6.61 Å². The highest BCUT2D eigenvalue weighted by Crippen LogP contribution is 2.21. The summed E-state index contributed by atoms with van der Waals surface area (Å²) in [6, 6.07) is 21.7. The van der Waals surface area contributed by atoms with E-state index in [2.05, 4.69) is 16.4 Å². The van der Waals surface area contributed by atoms with E-state index in [4.69, 9.17) is 4.74 Å². The maximum Gasteiger partial charge on any atom is 0.261 e. The van der Waals surface area contributed by atoms with E-state index in [1.165, 1.54) is 0 Å². The van der Waals surface area contributed by atoms with Gasteiger partial charge >= 0.3 is 0 Å². The lowest BCUT2D eigenvalue weighted by atomic mass is 10.1. The van der Waals surface area contributed by atoms with E-state index in [9.17, 15) is 4.79 Å². The number of ether oxygens (including phenoxy) is 1. The first kappa shape index (κ1) is 18.2. The average molecular weight is 388 g/mol. The zero-order valence-corrected chi connectivity index (χ0v) is 16.1. The third-order valence-corrected chi connectivity index (χ3v) is 5.20. The summed E-state index contributed by atoms with van der Waals surface area (Å²) in [4.78, 5) is 19.0. The van der Waals surface area contributed by atoms with Crippen molar-refractivity contribution in [2.45, 2.75) is 13.1 Å². The molecule has 0 N–H and O–H groups in total. The summed E-state index contributed by atoms with van der Waals surface area (Å²) in [7, 11) is 0. The van der Waals surface area contributed by atoms with Gasteiger partial charge < -0.3 is 9.64 Å². The van der Waals surface area contributed by atoms with Gasteiger partial charge in [0.2, 0.25) is 0 Å². The van der Waals surface area contributed by atoms with E-state index in [1.54, 1.807) is 22.4 Å². The lowest BCUT2D eigenvalue weighted by Crippen LogP contribution is -2.34. The fraction of sp³-hybridized carbons (Fsp3) is 0.130. The summed E-state index contributed by atoms with van der Waals surface area (Å²) in [6.07, 6.45) is 1.74. The summed E-state index contributed by atoms with van der Waals surface area (Å²) >= 11 is 1.63. The van der Waals surface area contributed by atoms with Gasteiger partial charge in [0, 0.05) is 12.7 Å². The van der Waals surface area contributed by atoms with E-state index in [1.807, 2.05) is 66.0 Å². The number of benzene rings is 2. The number of aromatic nitrogens is 1. The Labute approximate surface area is 168 Å². The van der Waals surface area contributed by atoms with Gasteiger partial charge in [-0.25, -0.2) is 0 Å². The molecule has 4 nitrogen and oxygen atoms in total. The Kier molecular flexibility index (Phi) is 5.64. The number of hydrogen-bond donors (Lipinski definition) is 0. The number of thiophene rings is 1. The van der Waals surface area contributed by atoms with Gasteiger partial charge in [0.1, 0.15) is 5.75 Å². The minimum absolute atomic E-state index is 0.00465. The smallest absolute Gasteiger partial charge is 0.261 e. The van der Waals surface area contributed by atoms with Crippen molar-refractivity contribution < 1.29 is 9.53 Å². The molecule has 140 valence electrons. The molecular formula is C23H20N2O2S. The van der Waals surface area contributed by atoms with Crippen LogP contribution in [0.5, 0.6) is 5.75 Å². The van der Waals surface area contributed by atoms with Gasteiger partial charge in [-0.2, -0.15) is 11.3 Å². The largest absolute Gasteiger partial charge is 0.484 e. The van der Waals surface area contributed by atoms with Crippen LogP contribution in [0.1, 0.15) is 11.3 Å². The lowest BCUT2D eigenvalue weighted by Gasteiger charge is -2.22. The quantitative estimate of drug-likeness (QED) is 0.452. The molecule has 28 heavy (non-hydrogen) atoms. The van der Waals surface area contributed by atoms with Crippen molar-refractivity contribution in [1.82, 2.24) is 9.88 Å². The van der Waals surface area contributed by atoms with Crippen molar-refractivity contribution in [3.8, 4) is 5.75 Å². The maximum absolute atomic E-state index is 12.9. The molecule has 0 aliphatic carbocycles. The minimum atomic E-state index is -0.0648. The molecule has 2 aromatic heterocycles. The molecule has 0 bridgehead atoms. The second-order valence-corrected chi connectivity index (χ2v) is 7.28. The Morgan fingerprint density at radius 2 is 1.82 bits per heavy atom. The molecule has 2 aromatic carbocycles. The Bertz CT molecular complexity index is 1050. The van der Waals surface area contributed by atoms with Gasteiger partial charge in [-0.3, -0.25) is 9.78 Å². The summed E-state index contributed by atoms with van der Waals surface area (Å²) in [5, 5.41) is 6.32. The molecule has 5 heteroatoms. The van der Waals surface area contributed by atoms with Crippen molar-refractivity contribution in [2.75, 3.05) is 6.61 Å². The molecule has 0 aliphatic heterocycles. The predicted octanol–water partition coefficient (Wildman–Crippen LogP) is 4.90. The molecule has 0 aliphatic rings. The van der Waals surface area contributed by atoms with Crippen LogP contribution in [0.3, 0.4) is 0 Å². The normalized spacial score (nSPS) is 10.7. The van der Waals surface area contributed by atoms with Crippen LogP contribution in [0.2, 0.25) is 0 Å². The van der Waals surface area contributed by atoms with Crippen molar-refractivity contribution in [2.24, 2.45) is 0 Å². The first-order valence-corrected chi connectivity index (χ1v) is 10.0. The number of fused-ring (bicyclic) bond motifs is 1. The van der Waals surface area contributed by atoms with E-state index >= 15 is 0 Å². The summed E-state index contributed by atoms with van der Waals surface area (Å²) < 4.78 is 5.80. The highest BCUT2D eigenvalue weighted by atomic mass is 32.1. The Hall–Kier alpha value is -3.18. The Balaban J connectivity index is 1.46. The molecule has 0 atom stereocenters. The van der Waals surface area contributed by atoms with Crippen LogP contribution in [-0.2, 0) is 17.9 Å². The van der Waals surface area contributed by atoms with E-state index < -0.39 is 0 Å².